The van der Waals surface area contributed by atoms with Gasteiger partial charge in [-0.1, -0.05) is 48.2 Å². The van der Waals surface area contributed by atoms with Gasteiger partial charge < -0.3 is 0 Å². The number of hydrogen-bond acceptors (Lipinski definition) is 3. The second-order valence-electron chi connectivity index (χ2n) is 5.74. The molecule has 4 heteroatoms. The Labute approximate surface area is 135 Å². The van der Waals surface area contributed by atoms with Gasteiger partial charge in [0, 0.05) is 21.2 Å². The predicted octanol–water partition coefficient (Wildman–Crippen LogP) is 4.59. The number of rotatable bonds is 6. The first-order valence-electron chi connectivity index (χ1n) is 7.57. The van der Waals surface area contributed by atoms with Crippen molar-refractivity contribution < 1.29 is 0 Å². The molecule has 0 radical (unpaired) electrons. The minimum absolute atomic E-state index is 0.424. The van der Waals surface area contributed by atoms with Crippen LogP contribution in [0.25, 0.3) is 0 Å². The van der Waals surface area contributed by atoms with Gasteiger partial charge >= 0.3 is 0 Å². The van der Waals surface area contributed by atoms with Gasteiger partial charge in [0.2, 0.25) is 0 Å². The lowest BCUT2D eigenvalue weighted by molar-refractivity contribution is 0.219. The molecular formula is C16H25BrN2S. The molecule has 0 aliphatic heterocycles. The second-order valence-corrected chi connectivity index (χ2v) is 7.75. The smallest absolute Gasteiger partial charge is 0.0332 e. The molecule has 20 heavy (non-hydrogen) atoms. The van der Waals surface area contributed by atoms with E-state index in [0.29, 0.717) is 6.04 Å². The van der Waals surface area contributed by atoms with E-state index in [-0.39, 0.29) is 0 Å². The molecular weight excluding hydrogens is 332 g/mol. The van der Waals surface area contributed by atoms with Crippen LogP contribution in [0.4, 0.5) is 0 Å². The molecule has 3 atom stereocenters. The molecule has 1 saturated carbocycles. The lowest BCUT2D eigenvalue weighted by Crippen LogP contribution is -2.44. The highest BCUT2D eigenvalue weighted by Crippen LogP contribution is 2.34. The van der Waals surface area contributed by atoms with Crippen LogP contribution >= 0.6 is 27.7 Å². The Hall–Kier alpha value is -0.0300. The van der Waals surface area contributed by atoms with Crippen LogP contribution in [0.1, 0.15) is 39.0 Å². The fraction of sp³-hybridized carbons (Fsp3) is 0.625. The van der Waals surface area contributed by atoms with Crippen molar-refractivity contribution in [2.24, 2.45) is 17.7 Å². The monoisotopic (exact) mass is 356 g/mol. The van der Waals surface area contributed by atoms with E-state index >= 15 is 0 Å². The number of thioether (sulfide) groups is 1. The summed E-state index contributed by atoms with van der Waals surface area (Å²) >= 11 is 5.42. The highest BCUT2D eigenvalue weighted by Gasteiger charge is 2.27. The third kappa shape index (κ3) is 4.76. The van der Waals surface area contributed by atoms with Gasteiger partial charge in [0.1, 0.15) is 0 Å². The van der Waals surface area contributed by atoms with Gasteiger partial charge in [0.25, 0.3) is 0 Å². The van der Waals surface area contributed by atoms with Crippen molar-refractivity contribution in [2.75, 3.05) is 5.75 Å². The average molecular weight is 357 g/mol. The maximum Gasteiger partial charge on any atom is 0.0332 e. The van der Waals surface area contributed by atoms with Crippen LogP contribution < -0.4 is 11.3 Å². The van der Waals surface area contributed by atoms with E-state index < -0.39 is 0 Å². The highest BCUT2D eigenvalue weighted by molar-refractivity contribution is 9.10. The van der Waals surface area contributed by atoms with Crippen LogP contribution in [0.5, 0.6) is 0 Å². The van der Waals surface area contributed by atoms with Crippen molar-refractivity contribution in [1.29, 1.82) is 0 Å². The Balaban J connectivity index is 1.88. The van der Waals surface area contributed by atoms with Crippen molar-refractivity contribution in [1.82, 2.24) is 5.43 Å². The largest absolute Gasteiger partial charge is 0.271 e. The first-order chi connectivity index (χ1) is 9.72. The van der Waals surface area contributed by atoms with Crippen LogP contribution in [-0.4, -0.2) is 11.8 Å². The number of hydrogen-bond donors (Lipinski definition) is 2. The lowest BCUT2D eigenvalue weighted by atomic mass is 9.77. The average Bonchev–Trinajstić information content (AvgIpc) is 2.48. The maximum atomic E-state index is 5.81. The molecule has 2 rings (SSSR count). The molecule has 2 nitrogen and oxygen atoms in total. The number of nitrogens with one attached hydrogen (secondary N) is 1. The van der Waals surface area contributed by atoms with Crippen molar-refractivity contribution >= 4 is 27.7 Å². The molecule has 3 unspecified atom stereocenters. The zero-order chi connectivity index (χ0) is 14.4. The molecule has 0 aromatic heterocycles. The minimum Gasteiger partial charge on any atom is -0.271 e. The predicted molar refractivity (Wildman–Crippen MR) is 91.7 cm³/mol. The van der Waals surface area contributed by atoms with E-state index in [1.165, 1.54) is 37.0 Å². The molecule has 0 heterocycles. The van der Waals surface area contributed by atoms with E-state index in [1.807, 2.05) is 11.8 Å². The Morgan fingerprint density at radius 2 is 2.30 bits per heavy atom. The molecule has 0 bridgehead atoms. The summed E-state index contributed by atoms with van der Waals surface area (Å²) < 4.78 is 1.14. The van der Waals surface area contributed by atoms with E-state index in [2.05, 4.69) is 52.5 Å². The first kappa shape index (κ1) is 16.3. The summed E-state index contributed by atoms with van der Waals surface area (Å²) in [6.07, 6.45) is 6.74. The Kier molecular flexibility index (Phi) is 6.88. The Morgan fingerprint density at radius 3 is 3.00 bits per heavy atom. The topological polar surface area (TPSA) is 38.0 Å². The first-order valence-corrected chi connectivity index (χ1v) is 9.35. The van der Waals surface area contributed by atoms with Crippen molar-refractivity contribution in [2.45, 2.75) is 50.0 Å². The standard InChI is InChI=1S/C16H25BrN2S/c1-2-12-5-3-6-13(9-12)16(19-18)11-20-15-8-4-7-14(17)10-15/h4,7-8,10,12-13,16,19H,2-3,5-6,9,11,18H2,1H3. The normalized spacial score (nSPS) is 24.6. The SMILES string of the molecule is CCC1CCCC(C(CSc2cccc(Br)c2)NN)C1. The summed E-state index contributed by atoms with van der Waals surface area (Å²) in [6, 6.07) is 8.92. The molecule has 1 aliphatic carbocycles. The third-order valence-electron chi connectivity index (χ3n) is 4.41. The Bertz CT molecular complexity index is 413. The molecule has 0 spiro atoms. The van der Waals surface area contributed by atoms with Crippen LogP contribution in [-0.2, 0) is 0 Å². The van der Waals surface area contributed by atoms with Gasteiger partial charge in [0.05, 0.1) is 0 Å². The van der Waals surface area contributed by atoms with Crippen molar-refractivity contribution in [3.63, 3.8) is 0 Å². The van der Waals surface area contributed by atoms with Gasteiger partial charge in [-0.3, -0.25) is 11.3 Å². The van der Waals surface area contributed by atoms with E-state index in [0.717, 1.165) is 22.1 Å². The summed E-state index contributed by atoms with van der Waals surface area (Å²) in [5, 5.41) is 0. The summed E-state index contributed by atoms with van der Waals surface area (Å²) in [4.78, 5) is 1.31. The minimum atomic E-state index is 0.424. The van der Waals surface area contributed by atoms with Gasteiger partial charge in [-0.25, -0.2) is 0 Å². The zero-order valence-corrected chi connectivity index (χ0v) is 14.6. The van der Waals surface area contributed by atoms with Crippen LogP contribution in [0.15, 0.2) is 33.6 Å². The summed E-state index contributed by atoms with van der Waals surface area (Å²) in [5.74, 6) is 8.50. The van der Waals surface area contributed by atoms with Crippen molar-refractivity contribution in [3.05, 3.63) is 28.7 Å². The molecule has 0 saturated heterocycles. The van der Waals surface area contributed by atoms with Crippen LogP contribution in [0.3, 0.4) is 0 Å². The number of nitrogens with two attached hydrogens (primary N) is 1. The molecule has 1 aromatic rings. The van der Waals surface area contributed by atoms with Crippen LogP contribution in [0, 0.1) is 11.8 Å². The molecule has 1 aliphatic rings. The Morgan fingerprint density at radius 1 is 1.45 bits per heavy atom. The van der Waals surface area contributed by atoms with E-state index in [9.17, 15) is 0 Å². The van der Waals surface area contributed by atoms with Gasteiger partial charge in [-0.15, -0.1) is 11.8 Å². The van der Waals surface area contributed by atoms with Gasteiger partial charge in [-0.05, 0) is 42.9 Å². The van der Waals surface area contributed by atoms with Gasteiger partial charge in [0.15, 0.2) is 0 Å². The molecule has 1 fully saturated rings. The highest BCUT2D eigenvalue weighted by atomic mass is 79.9. The zero-order valence-electron chi connectivity index (χ0n) is 12.1. The summed E-state index contributed by atoms with van der Waals surface area (Å²) in [7, 11) is 0. The summed E-state index contributed by atoms with van der Waals surface area (Å²) in [5.41, 5.74) is 3.07. The fourth-order valence-corrected chi connectivity index (χ4v) is 4.81. The summed E-state index contributed by atoms with van der Waals surface area (Å²) in [6.45, 7) is 2.31. The van der Waals surface area contributed by atoms with E-state index in [4.69, 9.17) is 5.84 Å². The van der Waals surface area contributed by atoms with Gasteiger partial charge in [-0.2, -0.15) is 0 Å². The number of hydrazine groups is 1. The third-order valence-corrected chi connectivity index (χ3v) is 6.02. The molecule has 3 N–H and O–H groups in total. The quantitative estimate of drug-likeness (QED) is 0.444. The van der Waals surface area contributed by atoms with E-state index in [1.54, 1.807) is 0 Å². The molecule has 1 aromatic carbocycles. The number of benzene rings is 1. The lowest BCUT2D eigenvalue weighted by Gasteiger charge is -2.33. The van der Waals surface area contributed by atoms with Crippen molar-refractivity contribution in [3.8, 4) is 0 Å². The fourth-order valence-electron chi connectivity index (χ4n) is 3.13. The maximum absolute atomic E-state index is 5.81. The molecule has 112 valence electrons. The number of halogens is 1. The van der Waals surface area contributed by atoms with Crippen LogP contribution in [0.2, 0.25) is 0 Å². The molecule has 0 amide bonds. The second kappa shape index (κ2) is 8.42.